The summed E-state index contributed by atoms with van der Waals surface area (Å²) in [5.74, 6) is -4.56. The molecule has 0 fully saturated rings. The van der Waals surface area contributed by atoms with Crippen LogP contribution in [-0.2, 0) is 20.9 Å². The largest absolute Gasteiger partial charge is 0.481 e. The van der Waals surface area contributed by atoms with E-state index in [-0.39, 0.29) is 12.5 Å². The fourth-order valence-electron chi connectivity index (χ4n) is 5.85. The second kappa shape index (κ2) is 14.8. The van der Waals surface area contributed by atoms with Gasteiger partial charge in [-0.3, -0.25) is 19.4 Å². The van der Waals surface area contributed by atoms with Crippen molar-refractivity contribution in [3.63, 3.8) is 0 Å². The van der Waals surface area contributed by atoms with Gasteiger partial charge in [0.2, 0.25) is 5.91 Å². The standard InChI is InChI=1S/C38H35ClN2O5/c1-25(34(29-15-17-33(39)18-16-29)11-6-7-26-13-14-28-8-2-3-9-30(28)19-26)41(36(42)21-32(38(45)46)22-37(43)44)24-27-20-31-10-4-5-12-35(31)40-23-27/h2-10,12-20,23,25,32,34H,11,21-22,24H2,1H3,(H,43,44)(H,45,46)/b7-6+. The predicted molar refractivity (Wildman–Crippen MR) is 182 cm³/mol. The van der Waals surface area contributed by atoms with Gasteiger partial charge in [0.1, 0.15) is 0 Å². The minimum Gasteiger partial charge on any atom is -0.481 e. The van der Waals surface area contributed by atoms with Crippen molar-refractivity contribution in [2.75, 3.05) is 0 Å². The van der Waals surface area contributed by atoms with Crippen molar-refractivity contribution in [2.24, 2.45) is 5.92 Å². The van der Waals surface area contributed by atoms with Gasteiger partial charge in [-0.05, 0) is 71.1 Å². The third-order valence-electron chi connectivity index (χ3n) is 8.36. The number of hydrogen-bond acceptors (Lipinski definition) is 4. The number of hydrogen-bond donors (Lipinski definition) is 2. The van der Waals surface area contributed by atoms with Crippen molar-refractivity contribution < 1.29 is 24.6 Å². The molecule has 7 nitrogen and oxygen atoms in total. The number of pyridine rings is 1. The van der Waals surface area contributed by atoms with Gasteiger partial charge >= 0.3 is 11.9 Å². The van der Waals surface area contributed by atoms with E-state index in [9.17, 15) is 24.6 Å². The van der Waals surface area contributed by atoms with Gasteiger partial charge in [-0.2, -0.15) is 0 Å². The van der Waals surface area contributed by atoms with Crippen molar-refractivity contribution in [1.29, 1.82) is 0 Å². The van der Waals surface area contributed by atoms with Crippen LogP contribution in [-0.4, -0.2) is 44.0 Å². The van der Waals surface area contributed by atoms with Gasteiger partial charge in [0.25, 0.3) is 0 Å². The van der Waals surface area contributed by atoms with E-state index in [1.54, 1.807) is 11.1 Å². The fourth-order valence-corrected chi connectivity index (χ4v) is 5.97. The van der Waals surface area contributed by atoms with Gasteiger partial charge < -0.3 is 15.1 Å². The monoisotopic (exact) mass is 634 g/mol. The number of aliphatic carboxylic acids is 2. The number of carboxylic acid groups (broad SMARTS) is 2. The number of para-hydroxylation sites is 1. The molecule has 234 valence electrons. The lowest BCUT2D eigenvalue weighted by atomic mass is 9.87. The molecule has 0 radical (unpaired) electrons. The summed E-state index contributed by atoms with van der Waals surface area (Å²) in [7, 11) is 0. The van der Waals surface area contributed by atoms with Gasteiger partial charge in [-0.25, -0.2) is 0 Å². The molecule has 3 atom stereocenters. The fraction of sp³-hybridized carbons (Fsp3) is 0.211. The summed E-state index contributed by atoms with van der Waals surface area (Å²) in [5, 5.41) is 22.9. The molecule has 0 saturated carbocycles. The molecule has 8 heteroatoms. The minimum atomic E-state index is -1.35. The van der Waals surface area contributed by atoms with Crippen LogP contribution in [0.2, 0.25) is 5.02 Å². The molecular weight excluding hydrogens is 600 g/mol. The third kappa shape index (κ3) is 8.17. The maximum Gasteiger partial charge on any atom is 0.307 e. The first-order chi connectivity index (χ1) is 22.2. The van der Waals surface area contributed by atoms with Crippen LogP contribution >= 0.6 is 11.6 Å². The normalized spacial score (nSPS) is 13.4. The molecule has 3 unspecified atom stereocenters. The van der Waals surface area contributed by atoms with Crippen LogP contribution in [0.25, 0.3) is 27.8 Å². The Morgan fingerprint density at radius 1 is 0.848 bits per heavy atom. The molecule has 0 bridgehead atoms. The second-order valence-electron chi connectivity index (χ2n) is 11.5. The van der Waals surface area contributed by atoms with Crippen LogP contribution in [0, 0.1) is 5.92 Å². The minimum absolute atomic E-state index is 0.176. The number of aromatic nitrogens is 1. The number of fused-ring (bicyclic) bond motifs is 2. The first kappa shape index (κ1) is 32.4. The highest BCUT2D eigenvalue weighted by Crippen LogP contribution is 2.31. The first-order valence-electron chi connectivity index (χ1n) is 15.2. The van der Waals surface area contributed by atoms with E-state index in [1.807, 2.05) is 73.7 Å². The highest BCUT2D eigenvalue weighted by molar-refractivity contribution is 6.30. The van der Waals surface area contributed by atoms with Gasteiger partial charge in [0.05, 0.1) is 17.9 Å². The van der Waals surface area contributed by atoms with E-state index in [2.05, 4.69) is 47.5 Å². The number of nitrogens with zero attached hydrogens (tertiary/aromatic N) is 2. The number of rotatable bonds is 13. The summed E-state index contributed by atoms with van der Waals surface area (Å²) in [5.41, 5.74) is 3.62. The van der Waals surface area contributed by atoms with Gasteiger partial charge in [0, 0.05) is 41.5 Å². The van der Waals surface area contributed by atoms with Gasteiger partial charge in [0.15, 0.2) is 0 Å². The van der Waals surface area contributed by atoms with Crippen LogP contribution in [0.1, 0.15) is 48.8 Å². The molecule has 0 aliphatic carbocycles. The van der Waals surface area contributed by atoms with Crippen LogP contribution in [0.4, 0.5) is 0 Å². The molecule has 46 heavy (non-hydrogen) atoms. The average molecular weight is 635 g/mol. The van der Waals surface area contributed by atoms with Crippen LogP contribution in [0.15, 0.2) is 109 Å². The highest BCUT2D eigenvalue weighted by atomic mass is 35.5. The van der Waals surface area contributed by atoms with Crippen LogP contribution in [0.5, 0.6) is 0 Å². The van der Waals surface area contributed by atoms with Crippen LogP contribution < -0.4 is 0 Å². The van der Waals surface area contributed by atoms with Crippen molar-refractivity contribution in [2.45, 2.75) is 44.7 Å². The van der Waals surface area contributed by atoms with E-state index in [0.717, 1.165) is 38.4 Å². The molecule has 1 amide bonds. The van der Waals surface area contributed by atoms with E-state index >= 15 is 0 Å². The molecule has 0 aliphatic heterocycles. The average Bonchev–Trinajstić information content (AvgIpc) is 3.05. The number of amides is 1. The quantitative estimate of drug-likeness (QED) is 0.135. The Morgan fingerprint density at radius 3 is 2.26 bits per heavy atom. The predicted octanol–water partition coefficient (Wildman–Crippen LogP) is 8.21. The lowest BCUT2D eigenvalue weighted by molar-refractivity contribution is -0.151. The molecule has 2 N–H and O–H groups in total. The Morgan fingerprint density at radius 2 is 1.54 bits per heavy atom. The van der Waals surface area contributed by atoms with Gasteiger partial charge in [-0.1, -0.05) is 90.5 Å². The maximum atomic E-state index is 14.0. The summed E-state index contributed by atoms with van der Waals surface area (Å²) in [4.78, 5) is 43.6. The zero-order chi connectivity index (χ0) is 32.6. The summed E-state index contributed by atoms with van der Waals surface area (Å²) >= 11 is 6.24. The lowest BCUT2D eigenvalue weighted by Gasteiger charge is -2.36. The zero-order valence-electron chi connectivity index (χ0n) is 25.4. The highest BCUT2D eigenvalue weighted by Gasteiger charge is 2.32. The molecule has 4 aromatic carbocycles. The summed E-state index contributed by atoms with van der Waals surface area (Å²) in [6.07, 6.45) is 5.37. The number of halogens is 1. The second-order valence-corrected chi connectivity index (χ2v) is 12.0. The molecule has 1 aromatic heterocycles. The summed E-state index contributed by atoms with van der Waals surface area (Å²) < 4.78 is 0. The first-order valence-corrected chi connectivity index (χ1v) is 15.5. The van der Waals surface area contributed by atoms with Gasteiger partial charge in [-0.15, -0.1) is 0 Å². The Hall–Kier alpha value is -5.01. The molecule has 0 aliphatic rings. The van der Waals surface area contributed by atoms with E-state index in [0.29, 0.717) is 11.4 Å². The number of carboxylic acids is 2. The van der Waals surface area contributed by atoms with Crippen molar-refractivity contribution >= 4 is 57.2 Å². The Labute approximate surface area is 272 Å². The number of benzene rings is 4. The van der Waals surface area contributed by atoms with Crippen LogP contribution in [0.3, 0.4) is 0 Å². The molecule has 0 saturated heterocycles. The third-order valence-corrected chi connectivity index (χ3v) is 8.61. The van der Waals surface area contributed by atoms with E-state index < -0.39 is 42.6 Å². The number of carbonyl (C=O) groups is 3. The Kier molecular flexibility index (Phi) is 10.5. The van der Waals surface area contributed by atoms with Crippen molar-refractivity contribution in [1.82, 2.24) is 9.88 Å². The smallest absolute Gasteiger partial charge is 0.307 e. The topological polar surface area (TPSA) is 108 Å². The van der Waals surface area contributed by atoms with Crippen molar-refractivity contribution in [3.8, 4) is 0 Å². The molecular formula is C38H35ClN2O5. The summed E-state index contributed by atoms with van der Waals surface area (Å²) in [6.45, 7) is 2.12. The van der Waals surface area contributed by atoms with Crippen molar-refractivity contribution in [3.05, 3.63) is 131 Å². The molecule has 1 heterocycles. The number of allylic oxidation sites excluding steroid dienone is 1. The van der Waals surface area contributed by atoms with E-state index in [1.165, 1.54) is 0 Å². The maximum absolute atomic E-state index is 14.0. The zero-order valence-corrected chi connectivity index (χ0v) is 26.2. The summed E-state index contributed by atoms with van der Waals surface area (Å²) in [6, 6.07) is 31.2. The molecule has 0 spiro atoms. The van der Waals surface area contributed by atoms with E-state index in [4.69, 9.17) is 11.6 Å². The SMILES string of the molecule is CC(C(C/C=C/c1ccc2ccccc2c1)c1ccc(Cl)cc1)N(Cc1cnc2ccccc2c1)C(=O)CC(CC(=O)O)C(=O)O. The Balaban J connectivity index is 1.48. The number of carbonyl (C=O) groups excluding carboxylic acids is 1. The molecule has 5 aromatic rings. The lowest BCUT2D eigenvalue weighted by Crippen LogP contribution is -2.43. The Bertz CT molecular complexity index is 1890. The molecule has 5 rings (SSSR count).